The van der Waals surface area contributed by atoms with E-state index in [4.69, 9.17) is 10.8 Å². The number of carbonyl (C=O) groups excluding carboxylic acids is 1. The van der Waals surface area contributed by atoms with Crippen LogP contribution in [0.25, 0.3) is 0 Å². The van der Waals surface area contributed by atoms with Crippen LogP contribution in [0.4, 0.5) is 0 Å². The molecule has 4 N–H and O–H groups in total. The van der Waals surface area contributed by atoms with Gasteiger partial charge in [0.2, 0.25) is 5.91 Å². The van der Waals surface area contributed by atoms with Crippen molar-refractivity contribution in [2.75, 3.05) is 0 Å². The Morgan fingerprint density at radius 1 is 1.47 bits per heavy atom. The Morgan fingerprint density at radius 3 is 2.40 bits per heavy atom. The molecule has 0 bridgehead atoms. The quantitative estimate of drug-likeness (QED) is 0.602. The normalized spacial score (nSPS) is 13.3. The molecule has 88 valence electrons. The summed E-state index contributed by atoms with van der Waals surface area (Å²) in [5.74, 6) is -1.48. The van der Waals surface area contributed by atoms with Crippen molar-refractivity contribution in [1.82, 2.24) is 5.32 Å². The van der Waals surface area contributed by atoms with Gasteiger partial charge in [0.05, 0.1) is 6.04 Å². The molecule has 0 saturated carbocycles. The molecule has 5 heteroatoms. The highest BCUT2D eigenvalue weighted by molar-refractivity contribution is 5.88. The van der Waals surface area contributed by atoms with Gasteiger partial charge >= 0.3 is 5.97 Å². The topological polar surface area (TPSA) is 92.4 Å². The maximum absolute atomic E-state index is 11.5. The highest BCUT2D eigenvalue weighted by atomic mass is 16.4. The molecule has 0 aliphatic carbocycles. The molecule has 5 nitrogen and oxygen atoms in total. The van der Waals surface area contributed by atoms with Gasteiger partial charge in [0, 0.05) is 0 Å². The van der Waals surface area contributed by atoms with E-state index in [2.05, 4.69) is 5.32 Å². The van der Waals surface area contributed by atoms with Crippen molar-refractivity contribution in [1.29, 1.82) is 0 Å². The van der Waals surface area contributed by atoms with Crippen LogP contribution in [0, 0.1) is 0 Å². The fraction of sp³-hybridized carbons (Fsp3) is 0.800. The van der Waals surface area contributed by atoms with Crippen LogP contribution in [-0.4, -0.2) is 28.6 Å². The summed E-state index contributed by atoms with van der Waals surface area (Å²) in [6.07, 6.45) is 2.41. The van der Waals surface area contributed by atoms with Crippen LogP contribution in [0.1, 0.15) is 40.0 Å². The number of hydrogen-bond acceptors (Lipinski definition) is 3. The zero-order valence-corrected chi connectivity index (χ0v) is 9.54. The van der Waals surface area contributed by atoms with Crippen LogP contribution >= 0.6 is 0 Å². The van der Waals surface area contributed by atoms with Crippen LogP contribution in [0.5, 0.6) is 0 Å². The van der Waals surface area contributed by atoms with E-state index < -0.39 is 23.5 Å². The van der Waals surface area contributed by atoms with Crippen molar-refractivity contribution in [3.05, 3.63) is 0 Å². The molecule has 1 atom stereocenters. The van der Waals surface area contributed by atoms with Crippen molar-refractivity contribution in [3.63, 3.8) is 0 Å². The summed E-state index contributed by atoms with van der Waals surface area (Å²) in [5, 5.41) is 11.2. The lowest BCUT2D eigenvalue weighted by Gasteiger charge is -2.23. The Labute approximate surface area is 90.0 Å². The van der Waals surface area contributed by atoms with Crippen molar-refractivity contribution in [3.8, 4) is 0 Å². The number of unbranched alkanes of at least 4 members (excludes halogenated alkanes) is 1. The van der Waals surface area contributed by atoms with E-state index in [9.17, 15) is 9.59 Å². The first-order valence-corrected chi connectivity index (χ1v) is 5.12. The van der Waals surface area contributed by atoms with Gasteiger partial charge in [-0.25, -0.2) is 4.79 Å². The molecular formula is C10H20N2O3. The Kier molecular flexibility index (Phi) is 5.28. The second-order valence-electron chi connectivity index (χ2n) is 4.17. The summed E-state index contributed by atoms with van der Waals surface area (Å²) >= 11 is 0. The van der Waals surface area contributed by atoms with Crippen molar-refractivity contribution >= 4 is 11.9 Å². The molecule has 1 amide bonds. The number of carboxylic acids is 1. The average Bonchev–Trinajstić information content (AvgIpc) is 2.13. The van der Waals surface area contributed by atoms with Crippen LogP contribution in [0.2, 0.25) is 0 Å². The number of carbonyl (C=O) groups is 2. The van der Waals surface area contributed by atoms with E-state index in [-0.39, 0.29) is 0 Å². The summed E-state index contributed by atoms with van der Waals surface area (Å²) in [7, 11) is 0. The van der Waals surface area contributed by atoms with Gasteiger partial charge in [-0.1, -0.05) is 19.8 Å². The predicted molar refractivity (Wildman–Crippen MR) is 57.4 cm³/mol. The minimum absolute atomic E-state index is 0.407. The van der Waals surface area contributed by atoms with Gasteiger partial charge in [-0.15, -0.1) is 0 Å². The lowest BCUT2D eigenvalue weighted by Crippen LogP contribution is -2.54. The highest BCUT2D eigenvalue weighted by Crippen LogP contribution is 2.04. The molecule has 0 aliphatic rings. The van der Waals surface area contributed by atoms with Gasteiger partial charge in [0.15, 0.2) is 0 Å². The number of rotatable bonds is 6. The summed E-state index contributed by atoms with van der Waals surface area (Å²) in [5.41, 5.74) is 4.34. The third-order valence-electron chi connectivity index (χ3n) is 2.18. The van der Waals surface area contributed by atoms with E-state index in [1.54, 1.807) is 0 Å². The van der Waals surface area contributed by atoms with Crippen LogP contribution in [0.15, 0.2) is 0 Å². The lowest BCUT2D eigenvalue weighted by atomic mass is 10.0. The Balaban J connectivity index is 4.18. The van der Waals surface area contributed by atoms with E-state index >= 15 is 0 Å². The second kappa shape index (κ2) is 5.70. The van der Waals surface area contributed by atoms with E-state index in [0.29, 0.717) is 6.42 Å². The molecule has 0 rings (SSSR count). The van der Waals surface area contributed by atoms with Crippen LogP contribution < -0.4 is 11.1 Å². The van der Waals surface area contributed by atoms with Gasteiger partial charge in [0.25, 0.3) is 0 Å². The number of nitrogens with two attached hydrogens (primary N) is 1. The predicted octanol–water partition coefficient (Wildman–Crippen LogP) is 0.483. The molecule has 0 unspecified atom stereocenters. The van der Waals surface area contributed by atoms with Crippen LogP contribution in [0.3, 0.4) is 0 Å². The number of carboxylic acid groups (broad SMARTS) is 1. The Hall–Kier alpha value is -1.10. The summed E-state index contributed by atoms with van der Waals surface area (Å²) in [4.78, 5) is 22.2. The minimum atomic E-state index is -1.26. The highest BCUT2D eigenvalue weighted by Gasteiger charge is 2.30. The first kappa shape index (κ1) is 13.9. The molecule has 0 aliphatic heterocycles. The van der Waals surface area contributed by atoms with Gasteiger partial charge in [0.1, 0.15) is 5.54 Å². The molecule has 0 aromatic heterocycles. The van der Waals surface area contributed by atoms with Crippen molar-refractivity contribution in [2.45, 2.75) is 51.6 Å². The number of amides is 1. The second-order valence-corrected chi connectivity index (χ2v) is 4.17. The maximum atomic E-state index is 11.5. The molecule has 0 radical (unpaired) electrons. The third-order valence-corrected chi connectivity index (χ3v) is 2.18. The third kappa shape index (κ3) is 4.78. The first-order valence-electron chi connectivity index (χ1n) is 5.12. The number of aliphatic carboxylic acids is 1. The van der Waals surface area contributed by atoms with E-state index in [0.717, 1.165) is 12.8 Å². The fourth-order valence-corrected chi connectivity index (χ4v) is 1.01. The zero-order chi connectivity index (χ0) is 12.1. The molecular weight excluding hydrogens is 196 g/mol. The SMILES string of the molecule is CCCC[C@H](N)C(=O)NC(C)(C)C(=O)O. The monoisotopic (exact) mass is 216 g/mol. The largest absolute Gasteiger partial charge is 0.480 e. The van der Waals surface area contributed by atoms with Gasteiger partial charge in [-0.3, -0.25) is 4.79 Å². The molecule has 0 fully saturated rings. The molecule has 15 heavy (non-hydrogen) atoms. The standard InChI is InChI=1S/C10H20N2O3/c1-4-5-6-7(11)8(13)12-10(2,3)9(14)15/h7H,4-6,11H2,1-3H3,(H,12,13)(H,14,15)/t7-/m0/s1. The lowest BCUT2D eigenvalue weighted by molar-refractivity contribution is -0.146. The average molecular weight is 216 g/mol. The molecule has 0 saturated heterocycles. The zero-order valence-electron chi connectivity index (χ0n) is 9.54. The van der Waals surface area contributed by atoms with E-state index in [1.807, 2.05) is 6.92 Å². The first-order chi connectivity index (χ1) is 6.81. The Bertz CT molecular complexity index is 239. The molecule has 0 heterocycles. The van der Waals surface area contributed by atoms with Crippen molar-refractivity contribution < 1.29 is 14.7 Å². The van der Waals surface area contributed by atoms with Gasteiger partial charge in [-0.05, 0) is 20.3 Å². The van der Waals surface area contributed by atoms with E-state index in [1.165, 1.54) is 13.8 Å². The molecule has 0 spiro atoms. The molecule has 0 aromatic rings. The summed E-state index contributed by atoms with van der Waals surface area (Å²) in [6, 6.07) is -0.622. The summed E-state index contributed by atoms with van der Waals surface area (Å²) < 4.78 is 0. The number of hydrogen-bond donors (Lipinski definition) is 3. The Morgan fingerprint density at radius 2 is 2.00 bits per heavy atom. The minimum Gasteiger partial charge on any atom is -0.480 e. The van der Waals surface area contributed by atoms with Crippen LogP contribution in [-0.2, 0) is 9.59 Å². The van der Waals surface area contributed by atoms with Gasteiger partial charge in [-0.2, -0.15) is 0 Å². The van der Waals surface area contributed by atoms with Crippen molar-refractivity contribution in [2.24, 2.45) is 5.73 Å². The smallest absolute Gasteiger partial charge is 0.328 e. The van der Waals surface area contributed by atoms with Gasteiger partial charge < -0.3 is 16.2 Å². The summed E-state index contributed by atoms with van der Waals surface area (Å²) in [6.45, 7) is 4.87. The molecule has 0 aromatic carbocycles. The maximum Gasteiger partial charge on any atom is 0.328 e. The fourth-order valence-electron chi connectivity index (χ4n) is 1.01. The number of nitrogens with one attached hydrogen (secondary N) is 1.